The number of carbonyl (C=O) groups is 1. The van der Waals surface area contributed by atoms with Gasteiger partial charge in [-0.2, -0.15) is 0 Å². The molecule has 3 rings (SSSR count). The molecule has 0 fully saturated rings. The number of fused-ring (bicyclic) bond motifs is 1. The van der Waals surface area contributed by atoms with E-state index < -0.39 is 0 Å². The van der Waals surface area contributed by atoms with E-state index in [1.807, 2.05) is 61.5 Å². The van der Waals surface area contributed by atoms with E-state index in [0.29, 0.717) is 0 Å². The van der Waals surface area contributed by atoms with Crippen LogP contribution in [-0.4, -0.2) is 17.4 Å². The first-order chi connectivity index (χ1) is 14.7. The van der Waals surface area contributed by atoms with Crippen molar-refractivity contribution >= 4 is 16.8 Å². The van der Waals surface area contributed by atoms with Gasteiger partial charge in [0.2, 0.25) is 0 Å². The van der Waals surface area contributed by atoms with Gasteiger partial charge < -0.3 is 5.32 Å². The number of para-hydroxylation sites is 1. The van der Waals surface area contributed by atoms with Crippen LogP contribution in [0.3, 0.4) is 0 Å². The average Bonchev–Trinajstić information content (AvgIpc) is 2.78. The molecule has 3 aromatic rings. The third-order valence-corrected chi connectivity index (χ3v) is 5.73. The molecular weight excluding hydrogens is 368 g/mol. The van der Waals surface area contributed by atoms with Crippen molar-refractivity contribution in [1.29, 1.82) is 0 Å². The molecule has 1 heterocycles. The number of carbonyl (C=O) groups excluding carboxylic acids is 1. The van der Waals surface area contributed by atoms with E-state index in [9.17, 15) is 4.79 Å². The highest BCUT2D eigenvalue weighted by atomic mass is 16.1. The topological polar surface area (TPSA) is 42.0 Å². The van der Waals surface area contributed by atoms with Crippen LogP contribution in [-0.2, 0) is 0 Å². The maximum Gasteiger partial charge on any atom is 0.252 e. The third kappa shape index (κ3) is 5.69. The molecule has 0 aliphatic heterocycles. The minimum Gasteiger partial charge on any atom is -0.352 e. The van der Waals surface area contributed by atoms with Gasteiger partial charge in [-0.05, 0) is 25.0 Å². The zero-order chi connectivity index (χ0) is 21.2. The largest absolute Gasteiger partial charge is 0.352 e. The van der Waals surface area contributed by atoms with Gasteiger partial charge in [0.05, 0.1) is 16.8 Å². The second kappa shape index (κ2) is 11.5. The molecule has 3 heteroatoms. The minimum absolute atomic E-state index is 0.00577. The molecule has 0 unspecified atom stereocenters. The molecule has 0 saturated heterocycles. The number of benzene rings is 2. The molecule has 2 aromatic carbocycles. The molecule has 0 saturated carbocycles. The maximum absolute atomic E-state index is 13.1. The van der Waals surface area contributed by atoms with Crippen molar-refractivity contribution in [1.82, 2.24) is 10.3 Å². The SMILES string of the molecule is CCCCCCCCCCNC(=O)c1c(C)c(-c2ccccc2)nc2ccccc12. The van der Waals surface area contributed by atoms with Crippen LogP contribution >= 0.6 is 0 Å². The van der Waals surface area contributed by atoms with Gasteiger partial charge in [-0.15, -0.1) is 0 Å². The van der Waals surface area contributed by atoms with Crippen molar-refractivity contribution in [3.8, 4) is 11.3 Å². The summed E-state index contributed by atoms with van der Waals surface area (Å²) in [5.41, 5.74) is 4.47. The number of amides is 1. The molecular formula is C27H34N2O. The average molecular weight is 403 g/mol. The zero-order valence-corrected chi connectivity index (χ0v) is 18.4. The van der Waals surface area contributed by atoms with Crippen molar-refractivity contribution < 1.29 is 4.79 Å². The number of unbranched alkanes of at least 4 members (excludes halogenated alkanes) is 7. The number of rotatable bonds is 11. The van der Waals surface area contributed by atoms with Crippen molar-refractivity contribution in [2.75, 3.05) is 6.54 Å². The zero-order valence-electron chi connectivity index (χ0n) is 18.4. The van der Waals surface area contributed by atoms with E-state index in [2.05, 4.69) is 12.2 Å². The molecule has 3 nitrogen and oxygen atoms in total. The van der Waals surface area contributed by atoms with E-state index in [0.717, 1.165) is 46.3 Å². The fraction of sp³-hybridized carbons (Fsp3) is 0.407. The molecule has 0 bridgehead atoms. The molecule has 0 aliphatic carbocycles. The monoisotopic (exact) mass is 402 g/mol. The highest BCUT2D eigenvalue weighted by molar-refractivity contribution is 6.08. The van der Waals surface area contributed by atoms with E-state index in [-0.39, 0.29) is 5.91 Å². The minimum atomic E-state index is 0.00577. The van der Waals surface area contributed by atoms with Crippen LogP contribution in [0, 0.1) is 6.92 Å². The molecule has 0 radical (unpaired) electrons. The molecule has 1 N–H and O–H groups in total. The first kappa shape index (κ1) is 22.0. The summed E-state index contributed by atoms with van der Waals surface area (Å²) in [4.78, 5) is 18.0. The lowest BCUT2D eigenvalue weighted by molar-refractivity contribution is 0.0954. The molecule has 1 amide bonds. The van der Waals surface area contributed by atoms with Crippen molar-refractivity contribution in [3.05, 3.63) is 65.7 Å². The van der Waals surface area contributed by atoms with Gasteiger partial charge in [0.1, 0.15) is 0 Å². The van der Waals surface area contributed by atoms with Gasteiger partial charge in [-0.1, -0.05) is 100 Å². The Morgan fingerprint density at radius 3 is 2.20 bits per heavy atom. The number of nitrogens with one attached hydrogen (secondary N) is 1. The molecule has 0 aliphatic rings. The Bertz CT molecular complexity index is 950. The summed E-state index contributed by atoms with van der Waals surface area (Å²) in [7, 11) is 0. The van der Waals surface area contributed by atoms with Gasteiger partial charge >= 0.3 is 0 Å². The highest BCUT2D eigenvalue weighted by Crippen LogP contribution is 2.29. The van der Waals surface area contributed by atoms with Crippen LogP contribution in [0.5, 0.6) is 0 Å². The number of hydrogen-bond donors (Lipinski definition) is 1. The number of aromatic nitrogens is 1. The summed E-state index contributed by atoms with van der Waals surface area (Å²) < 4.78 is 0. The van der Waals surface area contributed by atoms with Gasteiger partial charge in [0, 0.05) is 17.5 Å². The third-order valence-electron chi connectivity index (χ3n) is 5.73. The fourth-order valence-electron chi connectivity index (χ4n) is 4.03. The number of pyridine rings is 1. The predicted molar refractivity (Wildman–Crippen MR) is 127 cm³/mol. The van der Waals surface area contributed by atoms with E-state index in [1.54, 1.807) is 0 Å². The van der Waals surface area contributed by atoms with Crippen LogP contribution in [0.25, 0.3) is 22.2 Å². The van der Waals surface area contributed by atoms with Gasteiger partial charge in [0.25, 0.3) is 5.91 Å². The first-order valence-electron chi connectivity index (χ1n) is 11.5. The normalized spacial score (nSPS) is 11.0. The Hall–Kier alpha value is -2.68. The molecule has 30 heavy (non-hydrogen) atoms. The molecule has 1 aromatic heterocycles. The fourth-order valence-corrected chi connectivity index (χ4v) is 4.03. The molecule has 0 spiro atoms. The summed E-state index contributed by atoms with van der Waals surface area (Å²) >= 11 is 0. The quantitative estimate of drug-likeness (QED) is 0.348. The summed E-state index contributed by atoms with van der Waals surface area (Å²) in [6, 6.07) is 18.0. The smallest absolute Gasteiger partial charge is 0.252 e. The standard InChI is InChI=1S/C27H34N2O/c1-3-4-5-6-7-8-9-15-20-28-27(30)25-21(2)26(22-16-11-10-12-17-22)29-24-19-14-13-18-23(24)25/h10-14,16-19H,3-9,15,20H2,1-2H3,(H,28,30). The summed E-state index contributed by atoms with van der Waals surface area (Å²) in [5.74, 6) is 0.00577. The van der Waals surface area contributed by atoms with Crippen molar-refractivity contribution in [3.63, 3.8) is 0 Å². The van der Waals surface area contributed by atoms with Crippen LogP contribution in [0.1, 0.15) is 74.2 Å². The van der Waals surface area contributed by atoms with E-state index in [4.69, 9.17) is 4.98 Å². The Balaban J connectivity index is 1.67. The maximum atomic E-state index is 13.1. The van der Waals surface area contributed by atoms with E-state index >= 15 is 0 Å². The predicted octanol–water partition coefficient (Wildman–Crippen LogP) is 7.08. The van der Waals surface area contributed by atoms with Crippen molar-refractivity contribution in [2.24, 2.45) is 0 Å². The summed E-state index contributed by atoms with van der Waals surface area (Å²) in [6.45, 7) is 4.98. The Kier molecular flexibility index (Phi) is 8.43. The number of hydrogen-bond acceptors (Lipinski definition) is 2. The lowest BCUT2D eigenvalue weighted by Gasteiger charge is -2.15. The highest BCUT2D eigenvalue weighted by Gasteiger charge is 2.18. The Morgan fingerprint density at radius 2 is 1.47 bits per heavy atom. The lowest BCUT2D eigenvalue weighted by Crippen LogP contribution is -2.26. The van der Waals surface area contributed by atoms with Crippen LogP contribution in [0.4, 0.5) is 0 Å². The first-order valence-corrected chi connectivity index (χ1v) is 11.5. The van der Waals surface area contributed by atoms with Crippen LogP contribution in [0.2, 0.25) is 0 Å². The van der Waals surface area contributed by atoms with Gasteiger partial charge in [-0.3, -0.25) is 4.79 Å². The molecule has 158 valence electrons. The van der Waals surface area contributed by atoms with Gasteiger partial charge in [0.15, 0.2) is 0 Å². The van der Waals surface area contributed by atoms with Gasteiger partial charge in [-0.25, -0.2) is 4.98 Å². The Morgan fingerprint density at radius 1 is 0.833 bits per heavy atom. The van der Waals surface area contributed by atoms with Crippen molar-refractivity contribution in [2.45, 2.75) is 65.2 Å². The second-order valence-corrected chi connectivity index (χ2v) is 8.07. The Labute approximate surface area is 180 Å². The number of nitrogens with zero attached hydrogens (tertiary/aromatic N) is 1. The molecule has 0 atom stereocenters. The lowest BCUT2D eigenvalue weighted by atomic mass is 9.97. The summed E-state index contributed by atoms with van der Waals surface area (Å²) in [5, 5.41) is 4.07. The second-order valence-electron chi connectivity index (χ2n) is 8.07. The van der Waals surface area contributed by atoms with E-state index in [1.165, 1.54) is 44.9 Å². The van der Waals surface area contributed by atoms with Crippen LogP contribution < -0.4 is 5.32 Å². The summed E-state index contributed by atoms with van der Waals surface area (Å²) in [6.07, 6.45) is 10.1. The van der Waals surface area contributed by atoms with Crippen LogP contribution in [0.15, 0.2) is 54.6 Å².